The summed E-state index contributed by atoms with van der Waals surface area (Å²) in [5, 5.41) is 8.93. The van der Waals surface area contributed by atoms with Crippen LogP contribution in [0.15, 0.2) is 23.2 Å². The minimum Gasteiger partial charge on any atom is -0.481 e. The van der Waals surface area contributed by atoms with Crippen molar-refractivity contribution in [1.29, 1.82) is 0 Å². The zero-order valence-electron chi connectivity index (χ0n) is 14.3. The first-order chi connectivity index (χ1) is 10.3. The molecule has 1 aromatic heterocycles. The fourth-order valence-corrected chi connectivity index (χ4v) is 1.69. The summed E-state index contributed by atoms with van der Waals surface area (Å²) in [6.45, 7) is 6.45. The van der Waals surface area contributed by atoms with Crippen molar-refractivity contribution in [1.82, 2.24) is 20.9 Å². The zero-order chi connectivity index (χ0) is 16.6. The Hall–Kier alpha value is -1.58. The van der Waals surface area contributed by atoms with Gasteiger partial charge in [0.25, 0.3) is 0 Å². The van der Waals surface area contributed by atoms with Gasteiger partial charge in [0.05, 0.1) is 25.9 Å². The van der Waals surface area contributed by atoms with Crippen LogP contribution >= 0.6 is 24.0 Å². The summed E-state index contributed by atoms with van der Waals surface area (Å²) < 4.78 is 5.08. The maximum Gasteiger partial charge on any atom is 0.239 e. The number of rotatable bonds is 5. The molecule has 0 aromatic carbocycles. The molecule has 23 heavy (non-hydrogen) atoms. The number of ether oxygens (including phenoxy) is 1. The predicted molar refractivity (Wildman–Crippen MR) is 102 cm³/mol. The van der Waals surface area contributed by atoms with Crippen LogP contribution in [0.1, 0.15) is 26.5 Å². The lowest BCUT2D eigenvalue weighted by atomic mass is 10.1. The number of pyridine rings is 1. The molecule has 0 aliphatic carbocycles. The fourth-order valence-electron chi connectivity index (χ4n) is 1.69. The lowest BCUT2D eigenvalue weighted by molar-refractivity contribution is -0.121. The molecule has 0 atom stereocenters. The van der Waals surface area contributed by atoms with Crippen molar-refractivity contribution in [3.05, 3.63) is 23.9 Å². The molecule has 1 heterocycles. The topological polar surface area (TPSA) is 87.6 Å². The summed E-state index contributed by atoms with van der Waals surface area (Å²) in [5.74, 6) is 1.01. The Morgan fingerprint density at radius 2 is 2.00 bits per heavy atom. The van der Waals surface area contributed by atoms with Gasteiger partial charge in [-0.2, -0.15) is 0 Å². The van der Waals surface area contributed by atoms with Gasteiger partial charge in [0.2, 0.25) is 11.8 Å². The van der Waals surface area contributed by atoms with Crippen LogP contribution in [-0.2, 0) is 11.3 Å². The number of nitrogens with zero attached hydrogens (tertiary/aromatic N) is 2. The number of guanidine groups is 1. The van der Waals surface area contributed by atoms with E-state index < -0.39 is 0 Å². The number of carbonyl (C=O) groups is 1. The normalized spacial score (nSPS) is 11.3. The fraction of sp³-hybridized carbons (Fsp3) is 0.533. The van der Waals surface area contributed by atoms with Crippen molar-refractivity contribution >= 4 is 35.8 Å². The van der Waals surface area contributed by atoms with Crippen molar-refractivity contribution in [2.24, 2.45) is 4.99 Å². The van der Waals surface area contributed by atoms with Gasteiger partial charge in [-0.15, -0.1) is 24.0 Å². The number of halogens is 1. The lowest BCUT2D eigenvalue weighted by Crippen LogP contribution is -2.48. The minimum atomic E-state index is -0.250. The van der Waals surface area contributed by atoms with Gasteiger partial charge in [0, 0.05) is 18.7 Å². The molecule has 0 radical (unpaired) electrons. The molecule has 130 valence electrons. The Balaban J connectivity index is 0.00000484. The number of nitrogens with one attached hydrogen (secondary N) is 3. The second-order valence-electron chi connectivity index (χ2n) is 5.75. The largest absolute Gasteiger partial charge is 0.481 e. The second-order valence-corrected chi connectivity index (χ2v) is 5.75. The van der Waals surface area contributed by atoms with Gasteiger partial charge in [-0.3, -0.25) is 9.79 Å². The SMILES string of the molecule is CN=C(NCC(=O)NC(C)(C)C)NCc1cccc(OC)n1.I. The Morgan fingerprint density at radius 1 is 1.30 bits per heavy atom. The minimum absolute atomic E-state index is 0. The molecule has 8 heteroatoms. The quantitative estimate of drug-likeness (QED) is 0.369. The summed E-state index contributed by atoms with van der Waals surface area (Å²) in [7, 11) is 3.23. The van der Waals surface area contributed by atoms with E-state index in [-0.39, 0.29) is 42.0 Å². The maximum absolute atomic E-state index is 11.8. The molecule has 0 aliphatic rings. The molecule has 1 aromatic rings. The van der Waals surface area contributed by atoms with Gasteiger partial charge in [-0.05, 0) is 26.8 Å². The zero-order valence-corrected chi connectivity index (χ0v) is 16.6. The first kappa shape index (κ1) is 21.4. The molecule has 0 spiro atoms. The average Bonchev–Trinajstić information content (AvgIpc) is 2.46. The maximum atomic E-state index is 11.8. The highest BCUT2D eigenvalue weighted by molar-refractivity contribution is 14.0. The van der Waals surface area contributed by atoms with E-state index in [9.17, 15) is 4.79 Å². The highest BCUT2D eigenvalue weighted by Crippen LogP contribution is 2.05. The molecule has 0 saturated heterocycles. The Morgan fingerprint density at radius 3 is 2.57 bits per heavy atom. The summed E-state index contributed by atoms with van der Waals surface area (Å²) in [5.41, 5.74) is 0.571. The number of aliphatic imine (C=N–C) groups is 1. The molecule has 3 N–H and O–H groups in total. The number of methoxy groups -OCH3 is 1. The van der Waals surface area contributed by atoms with Gasteiger partial charge in [-0.1, -0.05) is 6.07 Å². The first-order valence-corrected chi connectivity index (χ1v) is 7.09. The molecule has 0 fully saturated rings. The molecule has 1 rings (SSSR count). The van der Waals surface area contributed by atoms with Crippen molar-refractivity contribution in [2.45, 2.75) is 32.9 Å². The van der Waals surface area contributed by atoms with Crippen molar-refractivity contribution < 1.29 is 9.53 Å². The molecule has 0 aliphatic heterocycles. The van der Waals surface area contributed by atoms with Crippen LogP contribution in [0.4, 0.5) is 0 Å². The van der Waals surface area contributed by atoms with E-state index in [0.29, 0.717) is 18.4 Å². The Kier molecular flexibility index (Phi) is 9.54. The van der Waals surface area contributed by atoms with Gasteiger partial charge in [-0.25, -0.2) is 4.98 Å². The first-order valence-electron chi connectivity index (χ1n) is 7.09. The van der Waals surface area contributed by atoms with Gasteiger partial charge >= 0.3 is 0 Å². The van der Waals surface area contributed by atoms with E-state index in [1.54, 1.807) is 20.2 Å². The standard InChI is InChI=1S/C15H25N5O2.HI/c1-15(2,3)20-12(21)10-18-14(16-4)17-9-11-7-6-8-13(19-11)22-5;/h6-8H,9-10H2,1-5H3,(H,20,21)(H2,16,17,18);1H. The van der Waals surface area contributed by atoms with E-state index >= 15 is 0 Å². The Labute approximate surface area is 154 Å². The van der Waals surface area contributed by atoms with Crippen LogP contribution in [0.5, 0.6) is 5.88 Å². The van der Waals surface area contributed by atoms with E-state index in [1.165, 1.54) is 0 Å². The molecule has 0 saturated carbocycles. The smallest absolute Gasteiger partial charge is 0.239 e. The van der Waals surface area contributed by atoms with Crippen LogP contribution in [0.2, 0.25) is 0 Å². The Bertz CT molecular complexity index is 529. The third-order valence-corrected chi connectivity index (χ3v) is 2.58. The molecular formula is C15H26IN5O2. The summed E-state index contributed by atoms with van der Waals surface area (Å²) >= 11 is 0. The van der Waals surface area contributed by atoms with Gasteiger partial charge < -0.3 is 20.7 Å². The second kappa shape index (κ2) is 10.2. The van der Waals surface area contributed by atoms with E-state index in [2.05, 4.69) is 25.9 Å². The summed E-state index contributed by atoms with van der Waals surface area (Å²) in [6.07, 6.45) is 0. The molecule has 0 bridgehead atoms. The van der Waals surface area contributed by atoms with Crippen LogP contribution in [0, 0.1) is 0 Å². The molecule has 1 amide bonds. The van der Waals surface area contributed by atoms with E-state index in [1.807, 2.05) is 32.9 Å². The highest BCUT2D eigenvalue weighted by atomic mass is 127. The molecular weight excluding hydrogens is 409 g/mol. The third kappa shape index (κ3) is 9.22. The van der Waals surface area contributed by atoms with Crippen molar-refractivity contribution in [2.75, 3.05) is 20.7 Å². The summed E-state index contributed by atoms with van der Waals surface area (Å²) in [4.78, 5) is 20.1. The van der Waals surface area contributed by atoms with Crippen LogP contribution < -0.4 is 20.7 Å². The lowest BCUT2D eigenvalue weighted by Gasteiger charge is -2.21. The number of hydrogen-bond donors (Lipinski definition) is 3. The highest BCUT2D eigenvalue weighted by Gasteiger charge is 2.13. The monoisotopic (exact) mass is 435 g/mol. The van der Waals surface area contributed by atoms with E-state index in [4.69, 9.17) is 4.74 Å². The third-order valence-electron chi connectivity index (χ3n) is 2.58. The summed E-state index contributed by atoms with van der Waals surface area (Å²) in [6, 6.07) is 5.54. The van der Waals surface area contributed by atoms with E-state index in [0.717, 1.165) is 5.69 Å². The van der Waals surface area contributed by atoms with Crippen molar-refractivity contribution in [3.8, 4) is 5.88 Å². The van der Waals surface area contributed by atoms with Crippen molar-refractivity contribution in [3.63, 3.8) is 0 Å². The predicted octanol–water partition coefficient (Wildman–Crippen LogP) is 1.29. The average molecular weight is 435 g/mol. The number of aromatic nitrogens is 1. The molecule has 0 unspecified atom stereocenters. The van der Waals surface area contributed by atoms with Crippen LogP contribution in [-0.4, -0.2) is 43.1 Å². The number of hydrogen-bond acceptors (Lipinski definition) is 4. The number of carbonyl (C=O) groups excluding carboxylic acids is 1. The molecule has 7 nitrogen and oxygen atoms in total. The number of amides is 1. The van der Waals surface area contributed by atoms with Gasteiger partial charge in [0.1, 0.15) is 0 Å². The van der Waals surface area contributed by atoms with Gasteiger partial charge in [0.15, 0.2) is 5.96 Å². The van der Waals surface area contributed by atoms with Crippen LogP contribution in [0.3, 0.4) is 0 Å². The van der Waals surface area contributed by atoms with Crippen LogP contribution in [0.25, 0.3) is 0 Å².